The zero-order valence-corrected chi connectivity index (χ0v) is 18.7. The zero-order chi connectivity index (χ0) is 22.7. The van der Waals surface area contributed by atoms with E-state index >= 15 is 0 Å². The van der Waals surface area contributed by atoms with E-state index in [0.29, 0.717) is 48.8 Å². The van der Waals surface area contributed by atoms with Gasteiger partial charge >= 0.3 is 0 Å². The average molecular weight is 433 g/mol. The van der Waals surface area contributed by atoms with Gasteiger partial charge in [-0.2, -0.15) is 0 Å². The van der Waals surface area contributed by atoms with Crippen LogP contribution in [0.1, 0.15) is 41.9 Å². The molecule has 0 saturated heterocycles. The Balaban J connectivity index is 1.49. The standard InChI is InChI=1S/C26H28N2O4/c1-17(2)12-25(29)28-11-10-23-20(16-28)15-24(32-23)18-6-4-8-21(13-18)27-26(30)19-7-5-9-22(14-19)31-3/h4-9,13-15,17H,10-12,16H2,1-3H3,(H,27,30). The largest absolute Gasteiger partial charge is 0.497 e. The fourth-order valence-corrected chi connectivity index (χ4v) is 3.88. The topological polar surface area (TPSA) is 71.8 Å². The molecule has 1 aromatic heterocycles. The molecule has 6 nitrogen and oxygen atoms in total. The number of hydrogen-bond acceptors (Lipinski definition) is 4. The fraction of sp³-hybridized carbons (Fsp3) is 0.308. The van der Waals surface area contributed by atoms with Crippen LogP contribution in [0.25, 0.3) is 11.3 Å². The Labute approximate surface area is 188 Å². The first-order valence-electron chi connectivity index (χ1n) is 10.9. The van der Waals surface area contributed by atoms with Crippen LogP contribution < -0.4 is 10.1 Å². The molecule has 2 aromatic carbocycles. The second-order valence-corrected chi connectivity index (χ2v) is 8.49. The molecule has 1 aliphatic rings. The van der Waals surface area contributed by atoms with Crippen molar-refractivity contribution in [2.45, 2.75) is 33.2 Å². The number of furan rings is 1. The van der Waals surface area contributed by atoms with E-state index in [0.717, 1.165) is 22.6 Å². The van der Waals surface area contributed by atoms with Crippen molar-refractivity contribution in [3.8, 4) is 17.1 Å². The van der Waals surface area contributed by atoms with Crippen LogP contribution in [0, 0.1) is 5.92 Å². The van der Waals surface area contributed by atoms with Crippen LogP contribution in [0.5, 0.6) is 5.75 Å². The molecule has 0 atom stereocenters. The van der Waals surface area contributed by atoms with Gasteiger partial charge in [0.1, 0.15) is 17.3 Å². The summed E-state index contributed by atoms with van der Waals surface area (Å²) in [4.78, 5) is 27.0. The normalized spacial score (nSPS) is 13.1. The van der Waals surface area contributed by atoms with Gasteiger partial charge in [-0.15, -0.1) is 0 Å². The number of benzene rings is 2. The van der Waals surface area contributed by atoms with E-state index in [1.54, 1.807) is 31.4 Å². The van der Waals surface area contributed by atoms with E-state index in [1.165, 1.54) is 0 Å². The summed E-state index contributed by atoms with van der Waals surface area (Å²) in [6.07, 6.45) is 1.28. The van der Waals surface area contributed by atoms with Crippen LogP contribution >= 0.6 is 0 Å². The molecule has 1 N–H and O–H groups in total. The lowest BCUT2D eigenvalue weighted by Gasteiger charge is -2.26. The quantitative estimate of drug-likeness (QED) is 0.586. The van der Waals surface area contributed by atoms with Crippen LogP contribution in [0.2, 0.25) is 0 Å². The highest BCUT2D eigenvalue weighted by atomic mass is 16.5. The van der Waals surface area contributed by atoms with Crippen molar-refractivity contribution >= 4 is 17.5 Å². The maximum atomic E-state index is 12.6. The van der Waals surface area contributed by atoms with E-state index in [1.807, 2.05) is 35.2 Å². The van der Waals surface area contributed by atoms with Gasteiger partial charge < -0.3 is 19.4 Å². The maximum Gasteiger partial charge on any atom is 0.255 e. The lowest BCUT2D eigenvalue weighted by Crippen LogP contribution is -2.35. The van der Waals surface area contributed by atoms with Crippen molar-refractivity contribution in [1.29, 1.82) is 0 Å². The minimum Gasteiger partial charge on any atom is -0.497 e. The maximum absolute atomic E-state index is 12.6. The van der Waals surface area contributed by atoms with Crippen molar-refractivity contribution in [1.82, 2.24) is 4.90 Å². The predicted octanol–water partition coefficient (Wildman–Crippen LogP) is 5.14. The second-order valence-electron chi connectivity index (χ2n) is 8.49. The number of fused-ring (bicyclic) bond motifs is 1. The van der Waals surface area contributed by atoms with Crippen molar-refractivity contribution in [3.63, 3.8) is 0 Å². The molecule has 32 heavy (non-hydrogen) atoms. The summed E-state index contributed by atoms with van der Waals surface area (Å²) in [6, 6.07) is 16.6. The first kappa shape index (κ1) is 21.7. The molecule has 2 heterocycles. The summed E-state index contributed by atoms with van der Waals surface area (Å²) in [5, 5.41) is 2.93. The van der Waals surface area contributed by atoms with Gasteiger partial charge in [0, 0.05) is 48.3 Å². The van der Waals surface area contributed by atoms with Crippen LogP contribution in [0.15, 0.2) is 59.0 Å². The molecule has 166 valence electrons. The third-order valence-corrected chi connectivity index (χ3v) is 5.54. The lowest BCUT2D eigenvalue weighted by molar-refractivity contribution is -0.132. The Morgan fingerprint density at radius 2 is 1.94 bits per heavy atom. The highest BCUT2D eigenvalue weighted by Crippen LogP contribution is 2.31. The molecular weight excluding hydrogens is 404 g/mol. The molecule has 0 bridgehead atoms. The number of amides is 2. The van der Waals surface area contributed by atoms with Gasteiger partial charge in [-0.1, -0.05) is 32.0 Å². The molecule has 0 aliphatic carbocycles. The number of carbonyl (C=O) groups is 2. The number of rotatable bonds is 6. The van der Waals surface area contributed by atoms with Crippen molar-refractivity contribution < 1.29 is 18.7 Å². The molecule has 0 fully saturated rings. The number of ether oxygens (including phenoxy) is 1. The SMILES string of the molecule is COc1cccc(C(=O)Nc2cccc(-c3cc4c(o3)CCN(C(=O)CC(C)C)C4)c2)c1. The van der Waals surface area contributed by atoms with E-state index in [-0.39, 0.29) is 11.8 Å². The van der Waals surface area contributed by atoms with Crippen molar-refractivity contribution in [2.24, 2.45) is 5.92 Å². The predicted molar refractivity (Wildman–Crippen MR) is 124 cm³/mol. The molecular formula is C26H28N2O4. The summed E-state index contributed by atoms with van der Waals surface area (Å²) < 4.78 is 11.3. The number of anilines is 1. The second kappa shape index (κ2) is 9.30. The number of carbonyl (C=O) groups excluding carboxylic acids is 2. The van der Waals surface area contributed by atoms with Crippen LogP contribution in [-0.2, 0) is 17.8 Å². The number of nitrogens with one attached hydrogen (secondary N) is 1. The van der Waals surface area contributed by atoms with Crippen molar-refractivity contribution in [2.75, 3.05) is 19.0 Å². The van der Waals surface area contributed by atoms with Gasteiger partial charge in [0.15, 0.2) is 0 Å². The monoisotopic (exact) mass is 432 g/mol. The van der Waals surface area contributed by atoms with E-state index in [2.05, 4.69) is 19.2 Å². The van der Waals surface area contributed by atoms with Gasteiger partial charge in [-0.25, -0.2) is 0 Å². The summed E-state index contributed by atoms with van der Waals surface area (Å²) >= 11 is 0. The molecule has 0 spiro atoms. The average Bonchev–Trinajstić information content (AvgIpc) is 3.22. The Morgan fingerprint density at radius 1 is 1.12 bits per heavy atom. The summed E-state index contributed by atoms with van der Waals surface area (Å²) in [7, 11) is 1.57. The molecule has 6 heteroatoms. The van der Waals surface area contributed by atoms with Gasteiger partial charge in [0.05, 0.1) is 7.11 Å². The molecule has 0 unspecified atom stereocenters. The molecule has 1 aliphatic heterocycles. The van der Waals surface area contributed by atoms with Crippen LogP contribution in [-0.4, -0.2) is 30.4 Å². The van der Waals surface area contributed by atoms with E-state index in [4.69, 9.17) is 9.15 Å². The number of hydrogen-bond donors (Lipinski definition) is 1. The summed E-state index contributed by atoms with van der Waals surface area (Å²) in [5.74, 6) is 2.63. The van der Waals surface area contributed by atoms with Crippen LogP contribution in [0.3, 0.4) is 0 Å². The van der Waals surface area contributed by atoms with Gasteiger partial charge in [0.25, 0.3) is 5.91 Å². The minimum atomic E-state index is -0.209. The smallest absolute Gasteiger partial charge is 0.255 e. The number of nitrogens with zero attached hydrogens (tertiary/aromatic N) is 1. The highest BCUT2D eigenvalue weighted by molar-refractivity contribution is 6.04. The van der Waals surface area contributed by atoms with Crippen molar-refractivity contribution in [3.05, 3.63) is 71.5 Å². The third-order valence-electron chi connectivity index (χ3n) is 5.54. The highest BCUT2D eigenvalue weighted by Gasteiger charge is 2.24. The fourth-order valence-electron chi connectivity index (χ4n) is 3.88. The number of methoxy groups -OCH3 is 1. The van der Waals surface area contributed by atoms with Gasteiger partial charge in [-0.05, 0) is 42.3 Å². The zero-order valence-electron chi connectivity index (χ0n) is 18.7. The van der Waals surface area contributed by atoms with E-state index in [9.17, 15) is 9.59 Å². The van der Waals surface area contributed by atoms with Gasteiger partial charge in [-0.3, -0.25) is 9.59 Å². The molecule has 4 rings (SSSR count). The lowest BCUT2D eigenvalue weighted by atomic mass is 10.0. The Kier molecular flexibility index (Phi) is 6.30. The minimum absolute atomic E-state index is 0.190. The summed E-state index contributed by atoms with van der Waals surface area (Å²) in [5.41, 5.74) is 3.13. The third kappa shape index (κ3) is 4.85. The Bertz CT molecular complexity index is 1130. The Morgan fingerprint density at radius 3 is 2.72 bits per heavy atom. The molecule has 3 aromatic rings. The Hall–Kier alpha value is -3.54. The summed E-state index contributed by atoms with van der Waals surface area (Å²) in [6.45, 7) is 5.38. The first-order chi connectivity index (χ1) is 15.4. The molecule has 2 amide bonds. The van der Waals surface area contributed by atoms with E-state index < -0.39 is 0 Å². The molecule has 0 saturated carbocycles. The molecule has 0 radical (unpaired) electrons. The van der Waals surface area contributed by atoms with Crippen LogP contribution in [0.4, 0.5) is 5.69 Å². The van der Waals surface area contributed by atoms with Gasteiger partial charge in [0.2, 0.25) is 5.91 Å². The first-order valence-corrected chi connectivity index (χ1v) is 10.9.